The predicted molar refractivity (Wildman–Crippen MR) is 115 cm³/mol. The molecule has 0 aromatic heterocycles. The van der Waals surface area contributed by atoms with E-state index in [9.17, 15) is 0 Å². The molecular weight excluding hydrogens is 338 g/mol. The van der Waals surface area contributed by atoms with Crippen molar-refractivity contribution in [2.24, 2.45) is 4.99 Å². The quantitative estimate of drug-likeness (QED) is 0.353. The van der Waals surface area contributed by atoms with E-state index in [1.165, 1.54) is 25.1 Å². The Hall–Kier alpha value is -1.79. The molecule has 1 aliphatic heterocycles. The van der Waals surface area contributed by atoms with Crippen molar-refractivity contribution < 1.29 is 4.74 Å². The third-order valence-electron chi connectivity index (χ3n) is 4.87. The first-order valence-electron chi connectivity index (χ1n) is 10.4. The molecule has 0 bridgehead atoms. The van der Waals surface area contributed by atoms with Crippen LogP contribution >= 0.6 is 0 Å². The predicted octanol–water partition coefficient (Wildman–Crippen LogP) is 2.18. The van der Waals surface area contributed by atoms with Crippen LogP contribution < -0.4 is 15.5 Å². The molecule has 1 aromatic carbocycles. The second kappa shape index (κ2) is 13.4. The van der Waals surface area contributed by atoms with Gasteiger partial charge >= 0.3 is 0 Å². The Morgan fingerprint density at radius 2 is 1.70 bits per heavy atom. The molecule has 1 aliphatic rings. The van der Waals surface area contributed by atoms with Crippen LogP contribution in [0.4, 0.5) is 5.69 Å². The average Bonchev–Trinajstić information content (AvgIpc) is 2.73. The first kappa shape index (κ1) is 21.5. The van der Waals surface area contributed by atoms with Gasteiger partial charge in [0, 0.05) is 65.2 Å². The van der Waals surface area contributed by atoms with E-state index in [4.69, 9.17) is 4.74 Å². The second-order valence-corrected chi connectivity index (χ2v) is 6.85. The fourth-order valence-corrected chi connectivity index (χ4v) is 3.28. The number of rotatable bonds is 11. The molecule has 0 unspecified atom stereocenters. The van der Waals surface area contributed by atoms with Crippen LogP contribution in [0.1, 0.15) is 26.2 Å². The number of hydrogen-bond donors (Lipinski definition) is 2. The number of unbranched alkanes of at least 4 members (excludes halogenated alkanes) is 1. The maximum atomic E-state index is 5.34. The first-order valence-corrected chi connectivity index (χ1v) is 10.4. The summed E-state index contributed by atoms with van der Waals surface area (Å²) in [7, 11) is 1.82. The molecule has 1 saturated heterocycles. The third kappa shape index (κ3) is 8.63. The number of guanidine groups is 1. The Balaban J connectivity index is 1.49. The van der Waals surface area contributed by atoms with E-state index >= 15 is 0 Å². The molecule has 6 heteroatoms. The van der Waals surface area contributed by atoms with Gasteiger partial charge in [-0.3, -0.25) is 9.89 Å². The highest BCUT2D eigenvalue weighted by molar-refractivity contribution is 5.79. The Labute approximate surface area is 165 Å². The lowest BCUT2D eigenvalue weighted by atomic mass is 10.2. The minimum atomic E-state index is 0.786. The summed E-state index contributed by atoms with van der Waals surface area (Å²) in [5.41, 5.74) is 1.35. The smallest absolute Gasteiger partial charge is 0.190 e. The summed E-state index contributed by atoms with van der Waals surface area (Å²) >= 11 is 0. The fraction of sp³-hybridized carbons (Fsp3) is 0.667. The zero-order chi connectivity index (χ0) is 19.2. The van der Waals surface area contributed by atoms with Gasteiger partial charge in [-0.15, -0.1) is 0 Å². The van der Waals surface area contributed by atoms with Gasteiger partial charge in [0.05, 0.1) is 0 Å². The Morgan fingerprint density at radius 1 is 1.00 bits per heavy atom. The van der Waals surface area contributed by atoms with Crippen LogP contribution in [0.2, 0.25) is 0 Å². The lowest BCUT2D eigenvalue weighted by molar-refractivity contribution is 0.145. The summed E-state index contributed by atoms with van der Waals surface area (Å²) in [6.45, 7) is 11.2. The van der Waals surface area contributed by atoms with Gasteiger partial charge in [-0.25, -0.2) is 0 Å². The molecule has 1 heterocycles. The maximum Gasteiger partial charge on any atom is 0.190 e. The molecule has 27 heavy (non-hydrogen) atoms. The van der Waals surface area contributed by atoms with Gasteiger partial charge in [-0.05, 0) is 44.9 Å². The minimum Gasteiger partial charge on any atom is -0.382 e. The van der Waals surface area contributed by atoms with Crippen molar-refractivity contribution in [2.75, 3.05) is 71.0 Å². The topological polar surface area (TPSA) is 52.1 Å². The Bertz CT molecular complexity index is 515. The maximum absolute atomic E-state index is 5.34. The SMILES string of the molecule is CCOCCCNC(=NC)NCCCCN1CCN(c2ccccc2)CC1. The van der Waals surface area contributed by atoms with E-state index < -0.39 is 0 Å². The van der Waals surface area contributed by atoms with Crippen molar-refractivity contribution in [1.29, 1.82) is 0 Å². The highest BCUT2D eigenvalue weighted by Gasteiger charge is 2.16. The standard InChI is InChI=1S/C21H37N5O/c1-3-27-19-9-13-24-21(22-2)23-12-7-8-14-25-15-17-26(18-16-25)20-10-5-4-6-11-20/h4-6,10-11H,3,7-9,12-19H2,1-2H3,(H2,22,23,24). The minimum absolute atomic E-state index is 0.786. The number of benzene rings is 1. The lowest BCUT2D eigenvalue weighted by Crippen LogP contribution is -2.46. The molecule has 2 rings (SSSR count). The third-order valence-corrected chi connectivity index (χ3v) is 4.87. The van der Waals surface area contributed by atoms with E-state index in [-0.39, 0.29) is 0 Å². The van der Waals surface area contributed by atoms with Crippen LogP contribution in [0, 0.1) is 0 Å². The van der Waals surface area contributed by atoms with Gasteiger partial charge in [-0.1, -0.05) is 18.2 Å². The molecule has 1 fully saturated rings. The molecule has 1 aromatic rings. The highest BCUT2D eigenvalue weighted by Crippen LogP contribution is 2.15. The van der Waals surface area contributed by atoms with Gasteiger partial charge in [0.1, 0.15) is 0 Å². The molecule has 0 amide bonds. The Morgan fingerprint density at radius 3 is 2.37 bits per heavy atom. The summed E-state index contributed by atoms with van der Waals surface area (Å²) in [6.07, 6.45) is 3.39. The number of nitrogens with zero attached hydrogens (tertiary/aromatic N) is 3. The largest absolute Gasteiger partial charge is 0.382 e. The molecule has 6 nitrogen and oxygen atoms in total. The summed E-state index contributed by atoms with van der Waals surface area (Å²) in [4.78, 5) is 9.34. The molecular formula is C21H37N5O. The fourth-order valence-electron chi connectivity index (χ4n) is 3.28. The van der Waals surface area contributed by atoms with Crippen molar-refractivity contribution in [1.82, 2.24) is 15.5 Å². The molecule has 0 atom stereocenters. The van der Waals surface area contributed by atoms with Crippen LogP contribution in [0.5, 0.6) is 0 Å². The first-order chi connectivity index (χ1) is 13.3. The average molecular weight is 376 g/mol. The number of ether oxygens (including phenoxy) is 1. The number of para-hydroxylation sites is 1. The molecule has 2 N–H and O–H groups in total. The number of piperazine rings is 1. The van der Waals surface area contributed by atoms with Crippen LogP contribution in [0.3, 0.4) is 0 Å². The number of aliphatic imine (C=N–C) groups is 1. The monoisotopic (exact) mass is 375 g/mol. The van der Waals surface area contributed by atoms with Crippen LogP contribution in [0.15, 0.2) is 35.3 Å². The van der Waals surface area contributed by atoms with Crippen LogP contribution in [-0.2, 0) is 4.74 Å². The number of nitrogens with one attached hydrogen (secondary N) is 2. The normalized spacial score (nSPS) is 15.8. The van der Waals surface area contributed by atoms with Crippen molar-refractivity contribution in [2.45, 2.75) is 26.2 Å². The lowest BCUT2D eigenvalue weighted by Gasteiger charge is -2.36. The van der Waals surface area contributed by atoms with Crippen molar-refractivity contribution in [3.63, 3.8) is 0 Å². The zero-order valence-electron chi connectivity index (χ0n) is 17.1. The summed E-state index contributed by atoms with van der Waals surface area (Å²) < 4.78 is 5.34. The van der Waals surface area contributed by atoms with Crippen LogP contribution in [0.25, 0.3) is 0 Å². The van der Waals surface area contributed by atoms with Crippen molar-refractivity contribution in [3.8, 4) is 0 Å². The summed E-state index contributed by atoms with van der Waals surface area (Å²) in [5.74, 6) is 0.892. The zero-order valence-corrected chi connectivity index (χ0v) is 17.1. The van der Waals surface area contributed by atoms with E-state index in [2.05, 4.69) is 55.8 Å². The van der Waals surface area contributed by atoms with Crippen molar-refractivity contribution in [3.05, 3.63) is 30.3 Å². The Kier molecular flexibility index (Phi) is 10.7. The van der Waals surface area contributed by atoms with Gasteiger partial charge in [0.2, 0.25) is 0 Å². The molecule has 0 spiro atoms. The van der Waals surface area contributed by atoms with E-state index in [1.807, 2.05) is 14.0 Å². The van der Waals surface area contributed by atoms with Gasteiger partial charge in [0.25, 0.3) is 0 Å². The number of anilines is 1. The molecule has 0 saturated carbocycles. The molecule has 152 valence electrons. The summed E-state index contributed by atoms with van der Waals surface area (Å²) in [6, 6.07) is 10.7. The molecule has 0 radical (unpaired) electrons. The van der Waals surface area contributed by atoms with Crippen LogP contribution in [-0.4, -0.2) is 76.9 Å². The second-order valence-electron chi connectivity index (χ2n) is 6.85. The highest BCUT2D eigenvalue weighted by atomic mass is 16.5. The van der Waals surface area contributed by atoms with E-state index in [0.29, 0.717) is 0 Å². The number of hydrogen-bond acceptors (Lipinski definition) is 4. The van der Waals surface area contributed by atoms with Gasteiger partial charge < -0.3 is 20.3 Å². The van der Waals surface area contributed by atoms with Gasteiger partial charge in [0.15, 0.2) is 5.96 Å². The van der Waals surface area contributed by atoms with E-state index in [0.717, 1.165) is 64.9 Å². The van der Waals surface area contributed by atoms with Gasteiger partial charge in [-0.2, -0.15) is 0 Å². The van der Waals surface area contributed by atoms with Crippen molar-refractivity contribution >= 4 is 11.6 Å². The molecule has 0 aliphatic carbocycles. The summed E-state index contributed by atoms with van der Waals surface area (Å²) in [5, 5.41) is 6.73. The van der Waals surface area contributed by atoms with E-state index in [1.54, 1.807) is 0 Å².